The van der Waals surface area contributed by atoms with Gasteiger partial charge in [0.2, 0.25) is 5.16 Å². The predicted octanol–water partition coefficient (Wildman–Crippen LogP) is 4.67. The van der Waals surface area contributed by atoms with Gasteiger partial charge in [0.05, 0.1) is 17.1 Å². The molecule has 0 N–H and O–H groups in total. The molecule has 130 valence electrons. The maximum absolute atomic E-state index is 12.3. The molecular weight excluding hydrogens is 354 g/mol. The molecule has 2 aromatic rings. The Kier molecular flexibility index (Phi) is 3.92. The zero-order valence-electron chi connectivity index (χ0n) is 14.5. The van der Waals surface area contributed by atoms with Gasteiger partial charge in [-0.25, -0.2) is 4.98 Å². The molecule has 0 saturated heterocycles. The Morgan fingerprint density at radius 1 is 1.24 bits per heavy atom. The average molecular weight is 374 g/mol. The van der Waals surface area contributed by atoms with E-state index < -0.39 is 0 Å². The summed E-state index contributed by atoms with van der Waals surface area (Å²) >= 11 is 7.22. The fourth-order valence-electron chi connectivity index (χ4n) is 4.27. The summed E-state index contributed by atoms with van der Waals surface area (Å²) in [6, 6.07) is 6.95. The van der Waals surface area contributed by atoms with Crippen molar-refractivity contribution in [1.29, 1.82) is 0 Å². The van der Waals surface area contributed by atoms with Gasteiger partial charge in [-0.2, -0.15) is 5.10 Å². The zero-order chi connectivity index (χ0) is 17.8. The summed E-state index contributed by atoms with van der Waals surface area (Å²) in [7, 11) is 0. The monoisotopic (exact) mass is 373 g/mol. The lowest BCUT2D eigenvalue weighted by molar-refractivity contribution is 0.102. The van der Waals surface area contributed by atoms with Gasteiger partial charge in [0.15, 0.2) is 5.78 Å². The number of carbonyl (C=O) groups excluding carboxylic acids is 1. The largest absolute Gasteiger partial charge is 0.293 e. The molecule has 0 spiro atoms. The Hall–Kier alpha value is -1.46. The van der Waals surface area contributed by atoms with E-state index in [4.69, 9.17) is 16.6 Å². The first-order chi connectivity index (χ1) is 11.8. The molecule has 2 atom stereocenters. The van der Waals surface area contributed by atoms with Crippen LogP contribution >= 0.6 is 23.4 Å². The number of hydrogen-bond acceptors (Lipinski definition) is 5. The Bertz CT molecular complexity index is 852. The molecule has 25 heavy (non-hydrogen) atoms. The van der Waals surface area contributed by atoms with Gasteiger partial charge in [-0.3, -0.25) is 4.79 Å². The molecule has 6 heteroatoms. The van der Waals surface area contributed by atoms with Crippen LogP contribution in [-0.2, 0) is 5.41 Å². The van der Waals surface area contributed by atoms with Crippen molar-refractivity contribution in [1.82, 2.24) is 15.2 Å². The van der Waals surface area contributed by atoms with Crippen molar-refractivity contribution >= 4 is 29.1 Å². The fraction of sp³-hybridized carbons (Fsp3) is 0.474. The van der Waals surface area contributed by atoms with E-state index in [9.17, 15) is 4.79 Å². The van der Waals surface area contributed by atoms with Crippen LogP contribution in [0.1, 0.15) is 61.3 Å². The first-order valence-electron chi connectivity index (χ1n) is 8.49. The number of carbonyl (C=O) groups is 1. The molecule has 2 aliphatic rings. The van der Waals surface area contributed by atoms with Crippen molar-refractivity contribution in [2.75, 3.05) is 5.75 Å². The number of thioether (sulfide) groups is 1. The van der Waals surface area contributed by atoms with Crippen LogP contribution in [0.3, 0.4) is 0 Å². The van der Waals surface area contributed by atoms with Gasteiger partial charge in [0.25, 0.3) is 0 Å². The molecular formula is C19H20ClN3OS. The third kappa shape index (κ3) is 2.51. The summed E-state index contributed by atoms with van der Waals surface area (Å²) in [6.45, 7) is 6.91. The van der Waals surface area contributed by atoms with Crippen molar-refractivity contribution < 1.29 is 4.79 Å². The highest BCUT2D eigenvalue weighted by Crippen LogP contribution is 2.66. The minimum Gasteiger partial charge on any atom is -0.293 e. The quantitative estimate of drug-likeness (QED) is 0.575. The lowest BCUT2D eigenvalue weighted by Crippen LogP contribution is -2.32. The second kappa shape index (κ2) is 5.78. The molecule has 4 nitrogen and oxygen atoms in total. The molecule has 4 rings (SSSR count). The molecule has 1 aromatic heterocycles. The van der Waals surface area contributed by atoms with Gasteiger partial charge < -0.3 is 0 Å². The lowest BCUT2D eigenvalue weighted by atomic mass is 9.70. The van der Waals surface area contributed by atoms with Crippen molar-refractivity contribution in [3.63, 3.8) is 0 Å². The van der Waals surface area contributed by atoms with Crippen molar-refractivity contribution in [3.8, 4) is 0 Å². The van der Waals surface area contributed by atoms with Gasteiger partial charge in [-0.1, -0.05) is 44.1 Å². The van der Waals surface area contributed by atoms with Crippen LogP contribution in [0.25, 0.3) is 0 Å². The van der Waals surface area contributed by atoms with Crippen LogP contribution in [0, 0.1) is 5.41 Å². The second-order valence-corrected chi connectivity index (χ2v) is 9.07. The standard InChI is InChI=1S/C19H20ClN3OS/c1-18(2)13-8-9-19(18,3)16-15(13)22-23-17(21-16)25-10-14(24)11-4-6-12(20)7-5-11/h4-7,13H,8-10H2,1-3H3/t13-,19-/m0/s1. The first kappa shape index (κ1) is 17.0. The van der Waals surface area contributed by atoms with Gasteiger partial charge in [-0.15, -0.1) is 5.10 Å². The number of Topliss-reactive ketones (excluding diaryl/α,β-unsaturated/α-hetero) is 1. The van der Waals surface area contributed by atoms with Crippen molar-refractivity contribution in [3.05, 3.63) is 46.2 Å². The smallest absolute Gasteiger partial charge is 0.209 e. The van der Waals surface area contributed by atoms with E-state index in [2.05, 4.69) is 31.0 Å². The summed E-state index contributed by atoms with van der Waals surface area (Å²) in [5.74, 6) is 0.784. The van der Waals surface area contributed by atoms with Gasteiger partial charge >= 0.3 is 0 Å². The Balaban J connectivity index is 1.53. The fourth-order valence-corrected chi connectivity index (χ4v) is 5.08. The summed E-state index contributed by atoms with van der Waals surface area (Å²) in [4.78, 5) is 17.1. The van der Waals surface area contributed by atoms with Crippen LogP contribution in [0.2, 0.25) is 5.02 Å². The third-order valence-electron chi connectivity index (χ3n) is 6.27. The molecule has 1 aromatic carbocycles. The molecule has 0 unspecified atom stereocenters. The highest BCUT2D eigenvalue weighted by molar-refractivity contribution is 7.99. The third-order valence-corrected chi connectivity index (χ3v) is 7.36. The second-order valence-electron chi connectivity index (χ2n) is 7.69. The molecule has 0 aliphatic heterocycles. The summed E-state index contributed by atoms with van der Waals surface area (Å²) < 4.78 is 0. The Morgan fingerprint density at radius 2 is 1.96 bits per heavy atom. The molecule has 0 radical (unpaired) electrons. The minimum atomic E-state index is 0.0406. The average Bonchev–Trinajstić information content (AvgIpc) is 2.92. The van der Waals surface area contributed by atoms with E-state index in [1.165, 1.54) is 11.8 Å². The number of rotatable bonds is 4. The van der Waals surface area contributed by atoms with E-state index in [0.29, 0.717) is 27.4 Å². The van der Waals surface area contributed by atoms with E-state index in [-0.39, 0.29) is 16.6 Å². The minimum absolute atomic E-state index is 0.0406. The zero-order valence-corrected chi connectivity index (χ0v) is 16.1. The van der Waals surface area contributed by atoms with E-state index in [1.807, 2.05) is 0 Å². The maximum atomic E-state index is 12.3. The lowest BCUT2D eigenvalue weighted by Gasteiger charge is -2.33. The molecule has 2 aliphatic carbocycles. The van der Waals surface area contributed by atoms with Crippen LogP contribution in [0.4, 0.5) is 0 Å². The molecule has 0 amide bonds. The number of aromatic nitrogens is 3. The molecule has 1 fully saturated rings. The number of benzene rings is 1. The van der Waals surface area contributed by atoms with E-state index in [0.717, 1.165) is 24.2 Å². The number of fused-ring (bicyclic) bond motifs is 5. The number of halogens is 1. The van der Waals surface area contributed by atoms with Gasteiger partial charge in [0, 0.05) is 21.9 Å². The van der Waals surface area contributed by atoms with Gasteiger partial charge in [0.1, 0.15) is 0 Å². The number of hydrogen-bond donors (Lipinski definition) is 0. The Labute approximate surface area is 156 Å². The Morgan fingerprint density at radius 3 is 2.68 bits per heavy atom. The van der Waals surface area contributed by atoms with E-state index in [1.54, 1.807) is 24.3 Å². The number of ketones is 1. The predicted molar refractivity (Wildman–Crippen MR) is 99.4 cm³/mol. The van der Waals surface area contributed by atoms with Crippen LogP contribution in [0.15, 0.2) is 29.4 Å². The summed E-state index contributed by atoms with van der Waals surface area (Å²) in [6.07, 6.45) is 2.30. The van der Waals surface area contributed by atoms with Crippen LogP contribution in [0.5, 0.6) is 0 Å². The molecule has 1 heterocycles. The van der Waals surface area contributed by atoms with Crippen molar-refractivity contribution in [2.24, 2.45) is 5.41 Å². The first-order valence-corrected chi connectivity index (χ1v) is 9.86. The highest BCUT2D eigenvalue weighted by Gasteiger charge is 2.61. The van der Waals surface area contributed by atoms with Crippen LogP contribution < -0.4 is 0 Å². The highest BCUT2D eigenvalue weighted by atomic mass is 35.5. The maximum Gasteiger partial charge on any atom is 0.209 e. The van der Waals surface area contributed by atoms with Crippen LogP contribution in [-0.4, -0.2) is 26.7 Å². The van der Waals surface area contributed by atoms with E-state index >= 15 is 0 Å². The number of nitrogens with zero attached hydrogens (tertiary/aromatic N) is 3. The normalized spacial score (nSPS) is 25.8. The van der Waals surface area contributed by atoms with Crippen molar-refractivity contribution in [2.45, 2.75) is 50.1 Å². The van der Waals surface area contributed by atoms with Gasteiger partial charge in [-0.05, 0) is 42.5 Å². The topological polar surface area (TPSA) is 55.7 Å². The SMILES string of the molecule is CC1(C)[C@H]2CC[C@@]1(C)c1nc(SCC(=O)c3ccc(Cl)cc3)nnc12. The molecule has 2 bridgehead atoms. The summed E-state index contributed by atoms with van der Waals surface area (Å²) in [5, 5.41) is 9.97. The summed E-state index contributed by atoms with van der Waals surface area (Å²) in [5.41, 5.74) is 3.02. The molecule has 1 saturated carbocycles.